The number of likely N-dealkylation sites (tertiary alicyclic amines) is 1. The van der Waals surface area contributed by atoms with Crippen molar-refractivity contribution in [2.45, 2.75) is 50.5 Å². The van der Waals surface area contributed by atoms with Crippen LogP contribution in [0.4, 0.5) is 28.0 Å². The Hall–Kier alpha value is -4.53. The Morgan fingerprint density at radius 3 is 2.41 bits per heavy atom. The Balaban J connectivity index is 1.37. The Bertz CT molecular complexity index is 1710. The second-order valence-corrected chi connectivity index (χ2v) is 10.9. The van der Waals surface area contributed by atoms with Gasteiger partial charge in [0, 0.05) is 38.4 Å². The maximum Gasteiger partial charge on any atom is 0.419 e. The number of hydrogen-bond acceptors (Lipinski definition) is 7. The lowest BCUT2D eigenvalue weighted by Crippen LogP contribution is -2.60. The van der Waals surface area contributed by atoms with Gasteiger partial charge in [-0.1, -0.05) is 0 Å². The molecule has 5 rings (SSSR count). The van der Waals surface area contributed by atoms with Gasteiger partial charge in [0.2, 0.25) is 0 Å². The van der Waals surface area contributed by atoms with E-state index in [2.05, 4.69) is 5.32 Å². The van der Waals surface area contributed by atoms with Gasteiger partial charge in [0.15, 0.2) is 5.58 Å². The number of anilines is 1. The number of nitrogens with zero attached hydrogens (tertiary/aromatic N) is 4. The summed E-state index contributed by atoms with van der Waals surface area (Å²) in [7, 11) is 1.52. The van der Waals surface area contributed by atoms with Crippen LogP contribution in [0.3, 0.4) is 0 Å². The zero-order valence-electron chi connectivity index (χ0n) is 24.0. The number of likely N-dealkylation sites (N-methyl/N-ethyl adjacent to an activating group) is 1. The fraction of sp³-hybridized carbons (Fsp3) is 0.414. The van der Waals surface area contributed by atoms with Gasteiger partial charge >= 0.3 is 18.0 Å². The van der Waals surface area contributed by atoms with Gasteiger partial charge in [-0.25, -0.2) is 14.0 Å². The standard InChI is InChI=1S/C29H29F4N5O6/c1-4-37-25(41)28(38(26(37)42)18-6-8-23-22(14-18)35(3)27(43)44-23)9-11-36(12-10-28)16(2)21(15-39)34-24(40)19-13-17(29(31,32)33)5-7-20(19)30/h5-8,13-16,21H,4,9-12H2,1-3H3,(H,34,40). The SMILES string of the molecule is CCN1C(=O)N(c2ccc3oc(=O)n(C)c3c2)C2(CCN(C(C)C(C=O)NC(=O)c3cc(C(F)(F)F)ccc3F)CC2)C1=O. The topological polar surface area (TPSA) is 125 Å². The number of amides is 4. The molecule has 2 saturated heterocycles. The van der Waals surface area contributed by atoms with Crippen molar-refractivity contribution < 1.29 is 41.2 Å². The first-order valence-corrected chi connectivity index (χ1v) is 13.9. The zero-order valence-corrected chi connectivity index (χ0v) is 24.0. The van der Waals surface area contributed by atoms with Gasteiger partial charge in [-0.05, 0) is 63.1 Å². The van der Waals surface area contributed by atoms with Gasteiger partial charge < -0.3 is 14.5 Å². The van der Waals surface area contributed by atoms with E-state index in [0.29, 0.717) is 41.3 Å². The first-order valence-electron chi connectivity index (χ1n) is 13.9. The van der Waals surface area contributed by atoms with Gasteiger partial charge in [0.05, 0.1) is 22.7 Å². The summed E-state index contributed by atoms with van der Waals surface area (Å²) >= 11 is 0. The molecule has 1 aromatic heterocycles. The van der Waals surface area contributed by atoms with Gasteiger partial charge in [-0.2, -0.15) is 13.2 Å². The fourth-order valence-electron chi connectivity index (χ4n) is 5.97. The number of fused-ring (bicyclic) bond motifs is 1. The van der Waals surface area contributed by atoms with Crippen LogP contribution in [0.15, 0.2) is 45.6 Å². The number of alkyl halides is 3. The monoisotopic (exact) mass is 619 g/mol. The lowest BCUT2D eigenvalue weighted by Gasteiger charge is -2.44. The van der Waals surface area contributed by atoms with Gasteiger partial charge in [-0.3, -0.25) is 28.9 Å². The summed E-state index contributed by atoms with van der Waals surface area (Å²) in [5.41, 5.74) is -2.18. The molecule has 2 aliphatic heterocycles. The highest BCUT2D eigenvalue weighted by Gasteiger charge is 2.58. The van der Waals surface area contributed by atoms with E-state index < -0.39 is 64.3 Å². The smallest absolute Gasteiger partial charge is 0.408 e. The molecular formula is C29H29F4N5O6. The Morgan fingerprint density at radius 2 is 1.80 bits per heavy atom. The number of aryl methyl sites for hydroxylation is 1. The average Bonchev–Trinajstić information content (AvgIpc) is 3.38. The Morgan fingerprint density at radius 1 is 1.11 bits per heavy atom. The molecule has 2 atom stereocenters. The van der Waals surface area contributed by atoms with Crippen molar-refractivity contribution in [2.75, 3.05) is 24.5 Å². The van der Waals surface area contributed by atoms with Crippen LogP contribution in [-0.4, -0.2) is 75.8 Å². The maximum atomic E-state index is 14.3. The van der Waals surface area contributed by atoms with Crippen molar-refractivity contribution in [2.24, 2.45) is 7.05 Å². The minimum atomic E-state index is -4.80. The number of oxazole rings is 1. The van der Waals surface area contributed by atoms with Crippen molar-refractivity contribution >= 4 is 40.9 Å². The first-order chi connectivity index (χ1) is 20.7. The number of carbonyl (C=O) groups excluding carboxylic acids is 4. The summed E-state index contributed by atoms with van der Waals surface area (Å²) < 4.78 is 60.1. The summed E-state index contributed by atoms with van der Waals surface area (Å²) in [6.45, 7) is 3.84. The van der Waals surface area contributed by atoms with Crippen LogP contribution in [0.25, 0.3) is 11.1 Å². The molecule has 15 heteroatoms. The van der Waals surface area contributed by atoms with Crippen molar-refractivity contribution in [3.05, 3.63) is 63.9 Å². The largest absolute Gasteiger partial charge is 0.419 e. The Kier molecular flexibility index (Phi) is 7.86. The number of nitrogens with one attached hydrogen (secondary N) is 1. The summed E-state index contributed by atoms with van der Waals surface area (Å²) in [6.07, 6.45) is -4.08. The number of piperidine rings is 1. The summed E-state index contributed by atoms with van der Waals surface area (Å²) in [5.74, 6) is -3.33. The van der Waals surface area contributed by atoms with E-state index in [1.165, 1.54) is 16.5 Å². The molecule has 234 valence electrons. The second-order valence-electron chi connectivity index (χ2n) is 10.9. The molecule has 4 amide bonds. The lowest BCUT2D eigenvalue weighted by atomic mass is 9.84. The number of imide groups is 1. The number of rotatable bonds is 7. The van der Waals surface area contributed by atoms with Crippen molar-refractivity contribution in [3.8, 4) is 0 Å². The van der Waals surface area contributed by atoms with E-state index in [1.54, 1.807) is 36.9 Å². The first kappa shape index (κ1) is 30.9. The predicted octanol–water partition coefficient (Wildman–Crippen LogP) is 3.30. The van der Waals surface area contributed by atoms with Crippen LogP contribution in [0.1, 0.15) is 42.6 Å². The minimum absolute atomic E-state index is 0.133. The summed E-state index contributed by atoms with van der Waals surface area (Å²) in [5, 5.41) is 2.32. The molecule has 2 fully saturated rings. The Labute approximate surface area is 248 Å². The third-order valence-electron chi connectivity index (χ3n) is 8.55. The van der Waals surface area contributed by atoms with Crippen molar-refractivity contribution in [3.63, 3.8) is 0 Å². The number of urea groups is 1. The van der Waals surface area contributed by atoms with Crippen molar-refractivity contribution in [1.29, 1.82) is 0 Å². The van der Waals surface area contributed by atoms with E-state index in [-0.39, 0.29) is 32.5 Å². The molecule has 3 aromatic rings. The molecule has 1 N–H and O–H groups in total. The molecule has 11 nitrogen and oxygen atoms in total. The predicted molar refractivity (Wildman–Crippen MR) is 148 cm³/mol. The number of aromatic nitrogens is 1. The molecule has 0 bridgehead atoms. The zero-order chi connectivity index (χ0) is 32.1. The summed E-state index contributed by atoms with van der Waals surface area (Å²) in [4.78, 5) is 68.4. The van der Waals surface area contributed by atoms with Gasteiger partial charge in [0.25, 0.3) is 11.8 Å². The molecule has 0 aliphatic carbocycles. The van der Waals surface area contributed by atoms with Crippen LogP contribution in [-0.2, 0) is 22.8 Å². The van der Waals surface area contributed by atoms with Crippen LogP contribution in [0.2, 0.25) is 0 Å². The molecule has 1 spiro atoms. The third-order valence-corrected chi connectivity index (χ3v) is 8.55. The highest BCUT2D eigenvalue weighted by atomic mass is 19.4. The van der Waals surface area contributed by atoms with Crippen LogP contribution < -0.4 is 16.0 Å². The summed E-state index contributed by atoms with van der Waals surface area (Å²) in [6, 6.07) is 3.75. The quantitative estimate of drug-likeness (QED) is 0.245. The lowest BCUT2D eigenvalue weighted by molar-refractivity contribution is -0.137. The molecule has 2 aliphatic rings. The molecule has 2 aromatic carbocycles. The molecule has 3 heterocycles. The van der Waals surface area contributed by atoms with E-state index >= 15 is 0 Å². The van der Waals surface area contributed by atoms with Crippen LogP contribution in [0.5, 0.6) is 0 Å². The second kappa shape index (κ2) is 11.2. The fourth-order valence-corrected chi connectivity index (χ4v) is 5.97. The van der Waals surface area contributed by atoms with E-state index in [4.69, 9.17) is 4.42 Å². The van der Waals surface area contributed by atoms with Gasteiger partial charge in [0.1, 0.15) is 17.6 Å². The van der Waals surface area contributed by atoms with Crippen LogP contribution >= 0.6 is 0 Å². The number of benzene rings is 2. The molecular weight excluding hydrogens is 590 g/mol. The highest BCUT2D eigenvalue weighted by Crippen LogP contribution is 2.41. The van der Waals surface area contributed by atoms with E-state index in [9.17, 15) is 41.5 Å². The third kappa shape index (κ3) is 5.04. The highest BCUT2D eigenvalue weighted by molar-refractivity contribution is 6.17. The maximum absolute atomic E-state index is 14.3. The normalized spacial score (nSPS) is 18.7. The van der Waals surface area contributed by atoms with Crippen LogP contribution in [0, 0.1) is 5.82 Å². The van der Waals surface area contributed by atoms with E-state index in [1.807, 2.05) is 0 Å². The molecule has 0 radical (unpaired) electrons. The molecule has 2 unspecified atom stereocenters. The molecule has 44 heavy (non-hydrogen) atoms. The van der Waals surface area contributed by atoms with Crippen molar-refractivity contribution in [1.82, 2.24) is 19.7 Å². The van der Waals surface area contributed by atoms with Gasteiger partial charge in [-0.15, -0.1) is 0 Å². The minimum Gasteiger partial charge on any atom is -0.408 e. The number of carbonyl (C=O) groups is 4. The molecule has 0 saturated carbocycles. The van der Waals surface area contributed by atoms with E-state index in [0.717, 1.165) is 4.90 Å². The average molecular weight is 620 g/mol. The number of hydrogen-bond donors (Lipinski definition) is 1. The number of aldehydes is 1. The number of halogens is 4.